The first kappa shape index (κ1) is 21.6. The molecule has 0 aromatic carbocycles. The van der Waals surface area contributed by atoms with E-state index in [-0.39, 0.29) is 11.8 Å². The molecule has 0 spiro atoms. The van der Waals surface area contributed by atoms with Crippen LogP contribution in [0.3, 0.4) is 0 Å². The first-order chi connectivity index (χ1) is 13.1. The predicted octanol–water partition coefficient (Wildman–Crippen LogP) is 4.30. The zero-order chi connectivity index (χ0) is 19.5. The van der Waals surface area contributed by atoms with Crippen LogP contribution in [0.4, 0.5) is 0 Å². The maximum Gasteiger partial charge on any atom is 0.240 e. The molecule has 2 N–H and O–H groups in total. The van der Waals surface area contributed by atoms with Crippen molar-refractivity contribution >= 4 is 23.2 Å². The van der Waals surface area contributed by atoms with Crippen LogP contribution in [0, 0.1) is 11.8 Å². The third kappa shape index (κ3) is 8.22. The van der Waals surface area contributed by atoms with E-state index in [1.165, 1.54) is 38.5 Å². The van der Waals surface area contributed by atoms with Gasteiger partial charge in [0.25, 0.3) is 0 Å². The molecule has 0 saturated heterocycles. The molecule has 0 radical (unpaired) electrons. The van der Waals surface area contributed by atoms with Gasteiger partial charge in [-0.2, -0.15) is 10.2 Å². The summed E-state index contributed by atoms with van der Waals surface area (Å²) in [6.45, 7) is 4.46. The Hall–Kier alpha value is -1.72. The molecular weight excluding hydrogens is 340 g/mol. The first-order valence-corrected chi connectivity index (χ1v) is 10.8. The van der Waals surface area contributed by atoms with Crippen LogP contribution >= 0.6 is 0 Å². The number of hydrogen-bond donors (Lipinski definition) is 2. The standard InChI is InChI=1S/C21H36N4O2/c1-3-16-8-12-18(13-9-16)22-24-20(26)6-5-7-21(27)25-23-19-14-10-17(4-2)11-15-19/h16-17H,3-15H2,1-2H3,(H,24,26)(H,25,27). The van der Waals surface area contributed by atoms with Crippen LogP contribution in [0.15, 0.2) is 10.2 Å². The lowest BCUT2D eigenvalue weighted by atomic mass is 9.86. The van der Waals surface area contributed by atoms with E-state index in [1.54, 1.807) is 0 Å². The number of carbonyl (C=O) groups is 2. The molecule has 0 aliphatic heterocycles. The molecule has 152 valence electrons. The summed E-state index contributed by atoms with van der Waals surface area (Å²) in [4.78, 5) is 23.7. The number of nitrogens with zero attached hydrogens (tertiary/aromatic N) is 2. The van der Waals surface area contributed by atoms with Crippen LogP contribution in [0.5, 0.6) is 0 Å². The van der Waals surface area contributed by atoms with Gasteiger partial charge in [-0.15, -0.1) is 0 Å². The smallest absolute Gasteiger partial charge is 0.240 e. The SMILES string of the molecule is CCC1CCC(=NNC(=O)CCCC(=O)NN=C2CCC(CC)CC2)CC1. The number of rotatable bonds is 8. The maximum absolute atomic E-state index is 11.9. The summed E-state index contributed by atoms with van der Waals surface area (Å²) in [7, 11) is 0. The normalized spacial score (nSPS) is 22.9. The highest BCUT2D eigenvalue weighted by atomic mass is 16.2. The van der Waals surface area contributed by atoms with Crippen LogP contribution < -0.4 is 10.9 Å². The van der Waals surface area contributed by atoms with E-state index in [2.05, 4.69) is 34.9 Å². The minimum Gasteiger partial charge on any atom is -0.273 e. The van der Waals surface area contributed by atoms with Gasteiger partial charge < -0.3 is 0 Å². The number of hydrogen-bond acceptors (Lipinski definition) is 4. The molecule has 2 aliphatic rings. The van der Waals surface area contributed by atoms with Gasteiger partial charge in [0.1, 0.15) is 0 Å². The van der Waals surface area contributed by atoms with E-state index in [0.717, 1.165) is 48.9 Å². The second kappa shape index (κ2) is 11.9. The fraction of sp³-hybridized carbons (Fsp3) is 0.810. The number of carbonyl (C=O) groups excluding carboxylic acids is 2. The molecule has 6 nitrogen and oxygen atoms in total. The topological polar surface area (TPSA) is 82.9 Å². The summed E-state index contributed by atoms with van der Waals surface area (Å²) >= 11 is 0. The highest BCUT2D eigenvalue weighted by Gasteiger charge is 2.17. The Morgan fingerprint density at radius 2 is 1.15 bits per heavy atom. The second-order valence-corrected chi connectivity index (χ2v) is 7.98. The third-order valence-electron chi connectivity index (χ3n) is 6.00. The summed E-state index contributed by atoms with van der Waals surface area (Å²) in [5.41, 5.74) is 7.48. The Morgan fingerprint density at radius 3 is 1.48 bits per heavy atom. The monoisotopic (exact) mass is 376 g/mol. The van der Waals surface area contributed by atoms with E-state index >= 15 is 0 Å². The zero-order valence-corrected chi connectivity index (χ0v) is 17.1. The van der Waals surface area contributed by atoms with E-state index in [9.17, 15) is 9.59 Å². The molecule has 2 fully saturated rings. The van der Waals surface area contributed by atoms with Gasteiger partial charge in [0.2, 0.25) is 11.8 Å². The van der Waals surface area contributed by atoms with Crippen molar-refractivity contribution in [3.8, 4) is 0 Å². The molecule has 0 aromatic rings. The van der Waals surface area contributed by atoms with Gasteiger partial charge in [0, 0.05) is 24.3 Å². The molecular formula is C21H36N4O2. The van der Waals surface area contributed by atoms with Gasteiger partial charge >= 0.3 is 0 Å². The average molecular weight is 377 g/mol. The number of hydrazone groups is 2. The Kier molecular flexibility index (Phi) is 9.50. The lowest BCUT2D eigenvalue weighted by Crippen LogP contribution is -2.24. The maximum atomic E-state index is 11.9. The van der Waals surface area contributed by atoms with Gasteiger partial charge in [-0.25, -0.2) is 10.9 Å². The van der Waals surface area contributed by atoms with E-state index in [0.29, 0.717) is 19.3 Å². The molecule has 2 rings (SSSR count). The van der Waals surface area contributed by atoms with Crippen molar-refractivity contribution in [2.45, 2.75) is 97.3 Å². The molecule has 2 aliphatic carbocycles. The highest BCUT2D eigenvalue weighted by molar-refractivity contribution is 5.88. The Bertz CT molecular complexity index is 488. The van der Waals surface area contributed by atoms with Crippen molar-refractivity contribution in [3.05, 3.63) is 0 Å². The van der Waals surface area contributed by atoms with Crippen molar-refractivity contribution in [3.63, 3.8) is 0 Å². The van der Waals surface area contributed by atoms with Gasteiger partial charge in [0.15, 0.2) is 0 Å². The Morgan fingerprint density at radius 1 is 0.778 bits per heavy atom. The summed E-state index contributed by atoms with van der Waals surface area (Å²) in [5, 5.41) is 8.51. The molecule has 2 amide bonds. The molecule has 0 unspecified atom stereocenters. The molecule has 6 heteroatoms. The summed E-state index contributed by atoms with van der Waals surface area (Å²) in [6, 6.07) is 0. The molecule has 0 atom stereocenters. The van der Waals surface area contributed by atoms with Gasteiger partial charge in [-0.05, 0) is 69.6 Å². The van der Waals surface area contributed by atoms with Crippen molar-refractivity contribution in [1.29, 1.82) is 0 Å². The van der Waals surface area contributed by atoms with Crippen molar-refractivity contribution in [1.82, 2.24) is 10.9 Å². The lowest BCUT2D eigenvalue weighted by molar-refractivity contribution is -0.122. The second-order valence-electron chi connectivity index (χ2n) is 7.98. The van der Waals surface area contributed by atoms with E-state index in [1.807, 2.05) is 0 Å². The zero-order valence-electron chi connectivity index (χ0n) is 17.1. The fourth-order valence-corrected chi connectivity index (χ4v) is 3.87. The lowest BCUT2D eigenvalue weighted by Gasteiger charge is -2.21. The molecule has 0 bridgehead atoms. The fourth-order valence-electron chi connectivity index (χ4n) is 3.87. The minimum absolute atomic E-state index is 0.114. The summed E-state index contributed by atoms with van der Waals surface area (Å²) < 4.78 is 0. The van der Waals surface area contributed by atoms with Gasteiger partial charge in [-0.1, -0.05) is 26.7 Å². The highest BCUT2D eigenvalue weighted by Crippen LogP contribution is 2.25. The quantitative estimate of drug-likeness (QED) is 0.619. The van der Waals surface area contributed by atoms with Crippen LogP contribution in [-0.2, 0) is 9.59 Å². The van der Waals surface area contributed by atoms with Crippen molar-refractivity contribution in [2.75, 3.05) is 0 Å². The van der Waals surface area contributed by atoms with Crippen LogP contribution in [0.25, 0.3) is 0 Å². The first-order valence-electron chi connectivity index (χ1n) is 10.8. The summed E-state index contributed by atoms with van der Waals surface area (Å²) in [5.74, 6) is 1.39. The van der Waals surface area contributed by atoms with Crippen LogP contribution in [0.1, 0.15) is 97.3 Å². The Balaban J connectivity index is 1.56. The van der Waals surface area contributed by atoms with Gasteiger partial charge in [0.05, 0.1) is 0 Å². The molecule has 0 aromatic heterocycles. The number of amides is 2. The van der Waals surface area contributed by atoms with Crippen molar-refractivity contribution in [2.24, 2.45) is 22.0 Å². The molecule has 0 heterocycles. The van der Waals surface area contributed by atoms with Gasteiger partial charge in [-0.3, -0.25) is 9.59 Å². The van der Waals surface area contributed by atoms with Crippen molar-refractivity contribution < 1.29 is 9.59 Å². The van der Waals surface area contributed by atoms with Crippen LogP contribution in [-0.4, -0.2) is 23.2 Å². The van der Waals surface area contributed by atoms with Crippen LogP contribution in [0.2, 0.25) is 0 Å². The molecule has 27 heavy (non-hydrogen) atoms. The van der Waals surface area contributed by atoms with E-state index < -0.39 is 0 Å². The number of nitrogens with one attached hydrogen (secondary N) is 2. The minimum atomic E-state index is -0.114. The molecule has 2 saturated carbocycles. The third-order valence-corrected chi connectivity index (χ3v) is 6.00. The summed E-state index contributed by atoms with van der Waals surface area (Å²) in [6.07, 6.45) is 12.2. The Labute approximate surface area is 163 Å². The largest absolute Gasteiger partial charge is 0.273 e. The van der Waals surface area contributed by atoms with E-state index in [4.69, 9.17) is 0 Å². The average Bonchev–Trinajstić information content (AvgIpc) is 2.71. The predicted molar refractivity (Wildman–Crippen MR) is 110 cm³/mol.